The molecule has 2 aliphatic rings. The Morgan fingerprint density at radius 3 is 2.52 bits per heavy atom. The molecule has 2 heterocycles. The Labute approximate surface area is 151 Å². The summed E-state index contributed by atoms with van der Waals surface area (Å²) in [7, 11) is 0. The Balaban J connectivity index is 1.54. The van der Waals surface area contributed by atoms with E-state index in [-0.39, 0.29) is 0 Å². The number of piperidine rings is 1. The third-order valence-corrected chi connectivity index (χ3v) is 5.53. The van der Waals surface area contributed by atoms with E-state index in [1.54, 1.807) is 0 Å². The van der Waals surface area contributed by atoms with Crippen LogP contribution in [0.2, 0.25) is 0 Å². The Morgan fingerprint density at radius 1 is 1.00 bits per heavy atom. The number of fused-ring (bicyclic) bond motifs is 2. The van der Waals surface area contributed by atoms with Crippen LogP contribution in [0, 0.1) is 0 Å². The van der Waals surface area contributed by atoms with E-state index in [0.29, 0.717) is 12.1 Å². The maximum Gasteiger partial charge on any atom is 0.119 e. The third kappa shape index (κ3) is 3.64. The predicted molar refractivity (Wildman–Crippen MR) is 104 cm³/mol. The van der Waals surface area contributed by atoms with E-state index >= 15 is 0 Å². The molecule has 25 heavy (non-hydrogen) atoms. The first-order valence-electron chi connectivity index (χ1n) is 9.57. The van der Waals surface area contributed by atoms with Gasteiger partial charge in [0.1, 0.15) is 5.75 Å². The molecule has 2 bridgehead atoms. The average molecular weight is 333 g/mol. The van der Waals surface area contributed by atoms with Crippen molar-refractivity contribution in [3.05, 3.63) is 71.8 Å². The van der Waals surface area contributed by atoms with E-state index in [2.05, 4.69) is 65.6 Å². The molecule has 2 aromatic carbocycles. The molecule has 130 valence electrons. The summed E-state index contributed by atoms with van der Waals surface area (Å²) >= 11 is 0. The summed E-state index contributed by atoms with van der Waals surface area (Å²) in [5, 5.41) is 0. The van der Waals surface area contributed by atoms with Crippen molar-refractivity contribution in [2.45, 2.75) is 51.2 Å². The molecule has 1 saturated heterocycles. The van der Waals surface area contributed by atoms with E-state index in [0.717, 1.165) is 25.3 Å². The molecule has 2 aliphatic heterocycles. The third-order valence-electron chi connectivity index (χ3n) is 5.53. The second-order valence-corrected chi connectivity index (χ2v) is 7.16. The molecule has 2 heteroatoms. The second kappa shape index (κ2) is 7.45. The molecule has 4 rings (SSSR count). The smallest absolute Gasteiger partial charge is 0.119 e. The van der Waals surface area contributed by atoms with Crippen LogP contribution in [0.3, 0.4) is 0 Å². The molecule has 0 radical (unpaired) electrons. The highest BCUT2D eigenvalue weighted by Crippen LogP contribution is 2.38. The summed E-state index contributed by atoms with van der Waals surface area (Å²) in [4.78, 5) is 2.72. The van der Waals surface area contributed by atoms with Crippen molar-refractivity contribution >= 4 is 5.57 Å². The number of rotatable bonds is 5. The molecule has 1 fully saturated rings. The van der Waals surface area contributed by atoms with Crippen LogP contribution in [-0.2, 0) is 6.54 Å². The molecule has 2 unspecified atom stereocenters. The van der Waals surface area contributed by atoms with Gasteiger partial charge < -0.3 is 4.74 Å². The minimum atomic E-state index is 0.578. The van der Waals surface area contributed by atoms with Crippen LogP contribution in [0.1, 0.15) is 43.7 Å². The van der Waals surface area contributed by atoms with Crippen molar-refractivity contribution in [3.63, 3.8) is 0 Å². The molecule has 2 aromatic rings. The van der Waals surface area contributed by atoms with Crippen molar-refractivity contribution in [2.24, 2.45) is 0 Å². The first-order chi connectivity index (χ1) is 12.3. The molecule has 0 spiro atoms. The highest BCUT2D eigenvalue weighted by atomic mass is 16.5. The Kier molecular flexibility index (Phi) is 4.89. The number of hydrogen-bond acceptors (Lipinski definition) is 2. The normalized spacial score (nSPS) is 23.2. The van der Waals surface area contributed by atoms with Gasteiger partial charge in [-0.05, 0) is 55.0 Å². The van der Waals surface area contributed by atoms with Gasteiger partial charge in [0.2, 0.25) is 0 Å². The minimum Gasteiger partial charge on any atom is -0.494 e. The van der Waals surface area contributed by atoms with Crippen molar-refractivity contribution in [1.82, 2.24) is 4.90 Å². The second-order valence-electron chi connectivity index (χ2n) is 7.16. The first-order valence-corrected chi connectivity index (χ1v) is 9.57. The van der Waals surface area contributed by atoms with E-state index < -0.39 is 0 Å². The molecule has 0 N–H and O–H groups in total. The van der Waals surface area contributed by atoms with Gasteiger partial charge >= 0.3 is 0 Å². The van der Waals surface area contributed by atoms with Crippen LogP contribution in [0.15, 0.2) is 60.7 Å². The summed E-state index contributed by atoms with van der Waals surface area (Å²) in [6, 6.07) is 20.8. The highest BCUT2D eigenvalue weighted by Gasteiger charge is 2.33. The average Bonchev–Trinajstić information content (AvgIpc) is 2.63. The maximum atomic E-state index is 5.58. The monoisotopic (exact) mass is 333 g/mol. The van der Waals surface area contributed by atoms with Crippen molar-refractivity contribution in [2.75, 3.05) is 6.61 Å². The van der Waals surface area contributed by atoms with Gasteiger partial charge in [-0.2, -0.15) is 0 Å². The van der Waals surface area contributed by atoms with E-state index in [4.69, 9.17) is 4.74 Å². The van der Waals surface area contributed by atoms with E-state index in [1.807, 2.05) is 6.92 Å². The first kappa shape index (κ1) is 16.4. The van der Waals surface area contributed by atoms with Gasteiger partial charge in [0.05, 0.1) is 6.61 Å². The zero-order chi connectivity index (χ0) is 17.1. The Hall–Kier alpha value is -2.06. The van der Waals surface area contributed by atoms with Gasteiger partial charge in [0.25, 0.3) is 0 Å². The van der Waals surface area contributed by atoms with Gasteiger partial charge in [0.15, 0.2) is 0 Å². The van der Waals surface area contributed by atoms with Crippen LogP contribution in [0.4, 0.5) is 0 Å². The van der Waals surface area contributed by atoms with E-state index in [1.165, 1.54) is 36.0 Å². The molecule has 0 saturated carbocycles. The standard InChI is InChI=1S/C23H27NO/c1-2-25-23-13-11-19(12-14-23)20-15-21-9-6-10-22(16-20)24(21)17-18-7-4-3-5-8-18/h3-5,7-8,11-15,21-22H,2,6,9-10,16-17H2,1H3. The van der Waals surface area contributed by atoms with Crippen molar-refractivity contribution < 1.29 is 4.74 Å². The predicted octanol–water partition coefficient (Wildman–Crippen LogP) is 5.30. The van der Waals surface area contributed by atoms with Crippen LogP contribution in [0.25, 0.3) is 5.57 Å². The zero-order valence-corrected chi connectivity index (χ0v) is 15.0. The highest BCUT2D eigenvalue weighted by molar-refractivity contribution is 5.68. The van der Waals surface area contributed by atoms with Crippen molar-refractivity contribution in [3.8, 4) is 5.75 Å². The van der Waals surface area contributed by atoms with Crippen molar-refractivity contribution in [1.29, 1.82) is 0 Å². The lowest BCUT2D eigenvalue weighted by Gasteiger charge is -2.45. The molecular formula is C23H27NO. The summed E-state index contributed by atoms with van der Waals surface area (Å²) < 4.78 is 5.58. The fourth-order valence-electron chi connectivity index (χ4n) is 4.30. The van der Waals surface area contributed by atoms with Gasteiger partial charge in [-0.1, -0.05) is 55.0 Å². The quantitative estimate of drug-likeness (QED) is 0.736. The zero-order valence-electron chi connectivity index (χ0n) is 15.0. The fraction of sp³-hybridized carbons (Fsp3) is 0.391. The minimum absolute atomic E-state index is 0.578. The molecule has 2 nitrogen and oxygen atoms in total. The molecule has 0 aliphatic carbocycles. The number of hydrogen-bond donors (Lipinski definition) is 0. The molecule has 0 aromatic heterocycles. The lowest BCUT2D eigenvalue weighted by molar-refractivity contribution is 0.0951. The summed E-state index contributed by atoms with van der Waals surface area (Å²) in [6.07, 6.45) is 7.64. The molecular weight excluding hydrogens is 306 g/mol. The van der Waals surface area contributed by atoms with Gasteiger partial charge in [-0.15, -0.1) is 0 Å². The van der Waals surface area contributed by atoms with Gasteiger partial charge in [-0.3, -0.25) is 4.90 Å². The largest absolute Gasteiger partial charge is 0.494 e. The topological polar surface area (TPSA) is 12.5 Å². The number of nitrogens with zero attached hydrogens (tertiary/aromatic N) is 1. The van der Waals surface area contributed by atoms with Crippen LogP contribution in [0.5, 0.6) is 5.75 Å². The number of ether oxygens (including phenoxy) is 1. The lowest BCUT2D eigenvalue weighted by Crippen LogP contribution is -2.47. The summed E-state index contributed by atoms with van der Waals surface area (Å²) in [6.45, 7) is 3.82. The fourth-order valence-corrected chi connectivity index (χ4v) is 4.30. The number of benzene rings is 2. The Morgan fingerprint density at radius 2 is 1.80 bits per heavy atom. The van der Waals surface area contributed by atoms with Crippen LogP contribution in [-0.4, -0.2) is 23.6 Å². The van der Waals surface area contributed by atoms with Gasteiger partial charge in [-0.25, -0.2) is 0 Å². The Bertz CT molecular complexity index is 720. The maximum absolute atomic E-state index is 5.58. The van der Waals surface area contributed by atoms with Crippen LogP contribution < -0.4 is 4.74 Å². The lowest BCUT2D eigenvalue weighted by atomic mass is 9.82. The summed E-state index contributed by atoms with van der Waals surface area (Å²) in [5.74, 6) is 0.966. The summed E-state index contributed by atoms with van der Waals surface area (Å²) in [5.41, 5.74) is 4.30. The molecule has 2 atom stereocenters. The van der Waals surface area contributed by atoms with Gasteiger partial charge in [0, 0.05) is 18.6 Å². The SMILES string of the molecule is CCOc1ccc(C2=CC3CCCC(C2)N3Cc2ccccc2)cc1. The van der Waals surface area contributed by atoms with Crippen LogP contribution >= 0.6 is 0 Å². The van der Waals surface area contributed by atoms with E-state index in [9.17, 15) is 0 Å². The molecule has 0 amide bonds.